The number of H-pyrrole nitrogens is 1. The third kappa shape index (κ3) is 3.62. The summed E-state index contributed by atoms with van der Waals surface area (Å²) in [5.74, 6) is 0.721. The van der Waals surface area contributed by atoms with Crippen LogP contribution in [0, 0.1) is 0 Å². The number of hydrogen-bond donors (Lipinski definition) is 2. The molecule has 0 spiro atoms. The summed E-state index contributed by atoms with van der Waals surface area (Å²) in [7, 11) is 5.85. The van der Waals surface area contributed by atoms with E-state index in [1.807, 2.05) is 42.9 Å². The molecule has 1 aliphatic rings. The summed E-state index contributed by atoms with van der Waals surface area (Å²) < 4.78 is 7.49. The maximum absolute atomic E-state index is 12.4. The fraction of sp³-hybridized carbons (Fsp3) is 0.364. The molecule has 10 nitrogen and oxygen atoms in total. The average Bonchev–Trinajstić information content (AvgIpc) is 3.41. The smallest absolute Gasteiger partial charge is 0.410 e. The molecule has 0 atom stereocenters. The molecule has 0 unspecified atom stereocenters. The van der Waals surface area contributed by atoms with Crippen molar-refractivity contribution in [3.8, 4) is 11.4 Å². The van der Waals surface area contributed by atoms with Gasteiger partial charge in [-0.1, -0.05) is 6.07 Å². The van der Waals surface area contributed by atoms with Crippen LogP contribution in [0.4, 0.5) is 10.6 Å². The first kappa shape index (κ1) is 20.3. The second-order valence-corrected chi connectivity index (χ2v) is 8.07. The SMILES string of the molecule is CNc1nc2[nH]c(-c3cccc(COC(=O)N4CCN(C)CC4)n3)cc2c2c1ncn2C. The molecule has 0 aliphatic carbocycles. The van der Waals surface area contributed by atoms with Crippen molar-refractivity contribution >= 4 is 34.0 Å². The van der Waals surface area contributed by atoms with Gasteiger partial charge in [-0.3, -0.25) is 0 Å². The molecule has 10 heteroatoms. The molecular formula is C22H26N8O2. The first-order valence-electron chi connectivity index (χ1n) is 10.6. The second kappa shape index (κ2) is 8.12. The van der Waals surface area contributed by atoms with Crippen molar-refractivity contribution in [1.82, 2.24) is 34.3 Å². The standard InChI is InChI=1S/C22H26N8O2/c1-23-21-18-19(29(3)13-24-18)15-11-17(26-20(15)27-21)16-6-4-5-14(25-16)12-32-22(31)30-9-7-28(2)8-10-30/h4-6,11,13H,7-10,12H2,1-3H3,(H2,23,26,27). The van der Waals surface area contributed by atoms with Gasteiger partial charge in [-0.2, -0.15) is 0 Å². The number of amides is 1. The normalized spacial score (nSPS) is 14.9. The number of carbonyl (C=O) groups is 1. The topological polar surface area (TPSA) is 104 Å². The molecule has 0 saturated carbocycles. The lowest BCUT2D eigenvalue weighted by molar-refractivity contribution is 0.0760. The number of aromatic nitrogens is 5. The van der Waals surface area contributed by atoms with Gasteiger partial charge in [0.2, 0.25) is 0 Å². The predicted molar refractivity (Wildman–Crippen MR) is 122 cm³/mol. The lowest BCUT2D eigenvalue weighted by Gasteiger charge is -2.31. The molecule has 0 bridgehead atoms. The summed E-state index contributed by atoms with van der Waals surface area (Å²) >= 11 is 0. The number of hydrogen-bond acceptors (Lipinski definition) is 7. The molecule has 1 amide bonds. The number of fused-ring (bicyclic) bond motifs is 3. The van der Waals surface area contributed by atoms with Crippen molar-refractivity contribution in [2.24, 2.45) is 7.05 Å². The minimum atomic E-state index is -0.293. The van der Waals surface area contributed by atoms with Gasteiger partial charge < -0.3 is 29.4 Å². The summed E-state index contributed by atoms with van der Waals surface area (Å²) in [6, 6.07) is 7.74. The van der Waals surface area contributed by atoms with Crippen LogP contribution in [-0.2, 0) is 18.4 Å². The van der Waals surface area contributed by atoms with E-state index >= 15 is 0 Å². The number of aryl methyl sites for hydroxylation is 1. The zero-order valence-electron chi connectivity index (χ0n) is 18.4. The molecule has 2 N–H and O–H groups in total. The Morgan fingerprint density at radius 1 is 1.19 bits per heavy atom. The van der Waals surface area contributed by atoms with E-state index in [1.54, 1.807) is 11.2 Å². The van der Waals surface area contributed by atoms with E-state index in [9.17, 15) is 4.79 Å². The highest BCUT2D eigenvalue weighted by Crippen LogP contribution is 2.31. The fourth-order valence-electron chi connectivity index (χ4n) is 4.04. The Kier molecular flexibility index (Phi) is 5.14. The lowest BCUT2D eigenvalue weighted by Crippen LogP contribution is -2.47. The van der Waals surface area contributed by atoms with E-state index in [1.165, 1.54) is 0 Å². The minimum Gasteiger partial charge on any atom is -0.443 e. The summed E-state index contributed by atoms with van der Waals surface area (Å²) in [4.78, 5) is 33.5. The number of piperazine rings is 1. The zero-order chi connectivity index (χ0) is 22.2. The molecule has 32 heavy (non-hydrogen) atoms. The fourth-order valence-corrected chi connectivity index (χ4v) is 4.04. The number of nitrogens with one attached hydrogen (secondary N) is 2. The Balaban J connectivity index is 1.39. The van der Waals surface area contributed by atoms with Gasteiger partial charge in [-0.25, -0.2) is 19.7 Å². The highest BCUT2D eigenvalue weighted by molar-refractivity contribution is 6.07. The maximum Gasteiger partial charge on any atom is 0.410 e. The molecule has 0 aromatic carbocycles. The first-order chi connectivity index (χ1) is 15.5. The van der Waals surface area contributed by atoms with E-state index in [2.05, 4.69) is 32.2 Å². The van der Waals surface area contributed by atoms with Crippen LogP contribution < -0.4 is 5.32 Å². The van der Waals surface area contributed by atoms with Crippen LogP contribution >= 0.6 is 0 Å². The van der Waals surface area contributed by atoms with Gasteiger partial charge in [-0.05, 0) is 25.2 Å². The summed E-state index contributed by atoms with van der Waals surface area (Å²) in [6.45, 7) is 3.21. The monoisotopic (exact) mass is 434 g/mol. The van der Waals surface area contributed by atoms with Gasteiger partial charge in [0.1, 0.15) is 17.8 Å². The molecule has 1 fully saturated rings. The van der Waals surface area contributed by atoms with E-state index in [-0.39, 0.29) is 12.7 Å². The Labute approximate surface area is 185 Å². The van der Waals surface area contributed by atoms with Crippen LogP contribution in [0.2, 0.25) is 0 Å². The molecule has 0 radical (unpaired) electrons. The van der Waals surface area contributed by atoms with Crippen LogP contribution in [0.25, 0.3) is 33.5 Å². The molecule has 5 heterocycles. The zero-order valence-corrected chi connectivity index (χ0v) is 18.4. The number of carbonyl (C=O) groups excluding carboxylic acids is 1. The Morgan fingerprint density at radius 3 is 2.78 bits per heavy atom. The van der Waals surface area contributed by atoms with Crippen molar-refractivity contribution in [2.45, 2.75) is 6.61 Å². The van der Waals surface area contributed by atoms with Crippen molar-refractivity contribution in [1.29, 1.82) is 0 Å². The molecule has 1 saturated heterocycles. The van der Waals surface area contributed by atoms with E-state index in [0.717, 1.165) is 52.4 Å². The lowest BCUT2D eigenvalue weighted by atomic mass is 10.2. The number of anilines is 1. The van der Waals surface area contributed by atoms with Gasteiger partial charge >= 0.3 is 6.09 Å². The largest absolute Gasteiger partial charge is 0.443 e. The Morgan fingerprint density at radius 2 is 2.00 bits per heavy atom. The molecular weight excluding hydrogens is 408 g/mol. The molecule has 166 valence electrons. The van der Waals surface area contributed by atoms with E-state index < -0.39 is 0 Å². The number of ether oxygens (including phenoxy) is 1. The van der Waals surface area contributed by atoms with Crippen LogP contribution in [0.3, 0.4) is 0 Å². The minimum absolute atomic E-state index is 0.132. The van der Waals surface area contributed by atoms with Gasteiger partial charge in [-0.15, -0.1) is 0 Å². The number of rotatable bonds is 4. The number of likely N-dealkylation sites (N-methyl/N-ethyl adjacent to an activating group) is 1. The predicted octanol–water partition coefficient (Wildman–Crippen LogP) is 2.44. The molecule has 5 rings (SSSR count). The van der Waals surface area contributed by atoms with Crippen LogP contribution in [-0.4, -0.2) is 80.7 Å². The number of aromatic amines is 1. The van der Waals surface area contributed by atoms with Gasteiger partial charge in [0.25, 0.3) is 0 Å². The van der Waals surface area contributed by atoms with Gasteiger partial charge in [0, 0.05) is 45.7 Å². The Bertz CT molecular complexity index is 1290. The summed E-state index contributed by atoms with van der Waals surface area (Å²) in [5.41, 5.74) is 4.88. The average molecular weight is 435 g/mol. The third-order valence-corrected chi connectivity index (χ3v) is 5.86. The van der Waals surface area contributed by atoms with Crippen molar-refractivity contribution in [3.63, 3.8) is 0 Å². The summed E-state index contributed by atoms with van der Waals surface area (Å²) in [6.07, 6.45) is 1.49. The first-order valence-corrected chi connectivity index (χ1v) is 10.6. The van der Waals surface area contributed by atoms with E-state index in [4.69, 9.17) is 9.72 Å². The number of pyridine rings is 2. The maximum atomic E-state index is 12.4. The highest BCUT2D eigenvalue weighted by atomic mass is 16.6. The number of nitrogens with zero attached hydrogens (tertiary/aromatic N) is 6. The molecule has 4 aromatic rings. The van der Waals surface area contributed by atoms with Crippen LogP contribution in [0.5, 0.6) is 0 Å². The van der Waals surface area contributed by atoms with Gasteiger partial charge in [0.05, 0.1) is 28.9 Å². The van der Waals surface area contributed by atoms with Crippen molar-refractivity contribution in [3.05, 3.63) is 36.3 Å². The van der Waals surface area contributed by atoms with Crippen LogP contribution in [0.1, 0.15) is 5.69 Å². The highest BCUT2D eigenvalue weighted by Gasteiger charge is 2.20. The third-order valence-electron chi connectivity index (χ3n) is 5.86. The van der Waals surface area contributed by atoms with Crippen molar-refractivity contribution in [2.75, 3.05) is 45.6 Å². The van der Waals surface area contributed by atoms with E-state index in [0.29, 0.717) is 18.8 Å². The molecule has 1 aliphatic heterocycles. The molecule has 4 aromatic heterocycles. The summed E-state index contributed by atoms with van der Waals surface area (Å²) in [5, 5.41) is 4.09. The van der Waals surface area contributed by atoms with Crippen LogP contribution in [0.15, 0.2) is 30.6 Å². The van der Waals surface area contributed by atoms with Gasteiger partial charge in [0.15, 0.2) is 5.82 Å². The Hall–Kier alpha value is -3.66. The van der Waals surface area contributed by atoms with Crippen molar-refractivity contribution < 1.29 is 9.53 Å². The number of imidazole rings is 1. The quantitative estimate of drug-likeness (QED) is 0.508. The second-order valence-electron chi connectivity index (χ2n) is 8.07.